The number of nitrogens with zero attached hydrogens (tertiary/aromatic N) is 1. The van der Waals surface area contributed by atoms with Crippen molar-refractivity contribution >= 4 is 17.5 Å². The van der Waals surface area contributed by atoms with Crippen LogP contribution in [0.25, 0.3) is 0 Å². The Morgan fingerprint density at radius 3 is 2.89 bits per heavy atom. The van der Waals surface area contributed by atoms with Crippen molar-refractivity contribution in [3.8, 4) is 0 Å². The highest BCUT2D eigenvalue weighted by molar-refractivity contribution is 6.18. The summed E-state index contributed by atoms with van der Waals surface area (Å²) in [6.45, 7) is 0.884. The number of hydrogen-bond acceptors (Lipinski definition) is 1. The topological polar surface area (TPSA) is 20.3 Å². The maximum Gasteiger partial charge on any atom is 0.230 e. The predicted octanol–water partition coefficient (Wildman–Crippen LogP) is 3.34. The first kappa shape index (κ1) is 13.0. The number of carbonyl (C=O) groups is 1. The van der Waals surface area contributed by atoms with Crippen LogP contribution in [0.3, 0.4) is 0 Å². The molecule has 19 heavy (non-hydrogen) atoms. The Morgan fingerprint density at radius 1 is 1.26 bits per heavy atom. The average Bonchev–Trinajstić information content (AvgIpc) is 2.65. The Bertz CT molecular complexity index is 474. The third-order valence-electron chi connectivity index (χ3n) is 4.49. The largest absolute Gasteiger partial charge is 0.338 e. The Balaban J connectivity index is 1.76. The first-order valence-corrected chi connectivity index (χ1v) is 7.79. The summed E-state index contributed by atoms with van der Waals surface area (Å²) in [7, 11) is 0. The molecule has 2 atom stereocenters. The summed E-state index contributed by atoms with van der Waals surface area (Å²) in [5, 5.41) is 0. The highest BCUT2D eigenvalue weighted by atomic mass is 35.5. The van der Waals surface area contributed by atoms with Gasteiger partial charge in [0.1, 0.15) is 0 Å². The predicted molar refractivity (Wildman–Crippen MR) is 77.6 cm³/mol. The average molecular weight is 278 g/mol. The number of benzene rings is 1. The van der Waals surface area contributed by atoms with Gasteiger partial charge in [0.2, 0.25) is 5.91 Å². The van der Waals surface area contributed by atoms with E-state index in [0.717, 1.165) is 25.8 Å². The highest BCUT2D eigenvalue weighted by Gasteiger charge is 2.37. The van der Waals surface area contributed by atoms with Gasteiger partial charge in [-0.3, -0.25) is 4.79 Å². The molecule has 0 saturated carbocycles. The Kier molecular flexibility index (Phi) is 3.79. The van der Waals surface area contributed by atoms with Crippen LogP contribution < -0.4 is 0 Å². The lowest BCUT2D eigenvalue weighted by Gasteiger charge is -2.36. The molecule has 2 aliphatic rings. The van der Waals surface area contributed by atoms with Crippen LogP contribution in [0.15, 0.2) is 24.3 Å². The van der Waals surface area contributed by atoms with Gasteiger partial charge in [0.05, 0.1) is 5.92 Å². The third-order valence-corrected chi connectivity index (χ3v) is 4.85. The van der Waals surface area contributed by atoms with Gasteiger partial charge in [-0.1, -0.05) is 37.1 Å². The molecule has 1 saturated heterocycles. The molecule has 0 N–H and O–H groups in total. The molecule has 1 aromatic rings. The van der Waals surface area contributed by atoms with Crippen molar-refractivity contribution in [1.29, 1.82) is 0 Å². The first-order valence-electron chi connectivity index (χ1n) is 7.25. The molecule has 3 rings (SSSR count). The molecule has 1 aromatic carbocycles. The number of halogens is 1. The Morgan fingerprint density at radius 2 is 2.11 bits per heavy atom. The van der Waals surface area contributed by atoms with Crippen LogP contribution in [0.1, 0.15) is 42.7 Å². The lowest BCUT2D eigenvalue weighted by molar-refractivity contribution is -0.135. The van der Waals surface area contributed by atoms with E-state index in [1.807, 2.05) is 12.1 Å². The van der Waals surface area contributed by atoms with Crippen molar-refractivity contribution in [2.75, 3.05) is 12.4 Å². The van der Waals surface area contributed by atoms with Gasteiger partial charge in [-0.15, -0.1) is 11.6 Å². The summed E-state index contributed by atoms with van der Waals surface area (Å²) < 4.78 is 0. The number of hydrogen-bond donors (Lipinski definition) is 0. The minimum atomic E-state index is 0.0833. The van der Waals surface area contributed by atoms with Gasteiger partial charge in [-0.25, -0.2) is 0 Å². The van der Waals surface area contributed by atoms with E-state index in [4.69, 9.17) is 11.6 Å². The Hall–Kier alpha value is -1.02. The smallest absolute Gasteiger partial charge is 0.230 e. The number of fused-ring (bicyclic) bond motifs is 1. The van der Waals surface area contributed by atoms with Gasteiger partial charge in [-0.05, 0) is 30.4 Å². The zero-order valence-corrected chi connectivity index (χ0v) is 11.9. The van der Waals surface area contributed by atoms with E-state index < -0.39 is 0 Å². The van der Waals surface area contributed by atoms with Crippen LogP contribution >= 0.6 is 11.6 Å². The maximum atomic E-state index is 12.7. The standard InChI is InChI=1S/C16H20ClNO/c17-11-13-7-2-1-5-9-18(13)16(19)15-10-12-6-3-4-8-14(12)15/h3-4,6,8,13,15H,1-2,5,7,9-11H2. The fourth-order valence-electron chi connectivity index (χ4n) is 3.31. The van der Waals surface area contributed by atoms with E-state index in [9.17, 15) is 4.79 Å². The molecule has 2 unspecified atom stereocenters. The maximum absolute atomic E-state index is 12.7. The zero-order valence-electron chi connectivity index (χ0n) is 11.1. The molecule has 1 heterocycles. The van der Waals surface area contributed by atoms with Gasteiger partial charge in [0.15, 0.2) is 0 Å². The van der Waals surface area contributed by atoms with Crippen molar-refractivity contribution in [3.05, 3.63) is 35.4 Å². The minimum absolute atomic E-state index is 0.0833. The molecule has 1 aliphatic heterocycles. The molecule has 0 aromatic heterocycles. The summed E-state index contributed by atoms with van der Waals surface area (Å²) in [5.74, 6) is 0.950. The molecule has 2 nitrogen and oxygen atoms in total. The molecule has 0 bridgehead atoms. The number of alkyl halides is 1. The highest BCUT2D eigenvalue weighted by Crippen LogP contribution is 2.37. The van der Waals surface area contributed by atoms with E-state index in [0.29, 0.717) is 11.8 Å². The van der Waals surface area contributed by atoms with E-state index in [2.05, 4.69) is 17.0 Å². The molecule has 3 heteroatoms. The van der Waals surface area contributed by atoms with Crippen molar-refractivity contribution in [1.82, 2.24) is 4.90 Å². The fourth-order valence-corrected chi connectivity index (χ4v) is 3.63. The molecular formula is C16H20ClNO. The Labute approximate surface area is 119 Å². The number of amides is 1. The van der Waals surface area contributed by atoms with Crippen LogP contribution in [0.2, 0.25) is 0 Å². The van der Waals surface area contributed by atoms with E-state index in [-0.39, 0.29) is 12.0 Å². The molecule has 0 radical (unpaired) electrons. The van der Waals surface area contributed by atoms with Gasteiger partial charge in [-0.2, -0.15) is 0 Å². The van der Waals surface area contributed by atoms with Crippen LogP contribution in [-0.2, 0) is 11.2 Å². The second-order valence-corrected chi connectivity index (χ2v) is 5.95. The molecule has 102 valence electrons. The molecule has 0 spiro atoms. The molecule has 1 fully saturated rings. The summed E-state index contributed by atoms with van der Waals surface area (Å²) in [5.41, 5.74) is 2.56. The summed E-state index contributed by atoms with van der Waals surface area (Å²) in [6, 6.07) is 8.53. The zero-order chi connectivity index (χ0) is 13.2. The van der Waals surface area contributed by atoms with Crippen LogP contribution in [0.5, 0.6) is 0 Å². The van der Waals surface area contributed by atoms with E-state index >= 15 is 0 Å². The van der Waals surface area contributed by atoms with Gasteiger partial charge < -0.3 is 4.90 Å². The molecular weight excluding hydrogens is 258 g/mol. The lowest BCUT2D eigenvalue weighted by Crippen LogP contribution is -2.45. The van der Waals surface area contributed by atoms with Gasteiger partial charge in [0, 0.05) is 18.5 Å². The van der Waals surface area contributed by atoms with Crippen molar-refractivity contribution in [2.45, 2.75) is 44.1 Å². The van der Waals surface area contributed by atoms with Gasteiger partial charge >= 0.3 is 0 Å². The quantitative estimate of drug-likeness (QED) is 0.760. The normalized spacial score (nSPS) is 26.3. The lowest BCUT2D eigenvalue weighted by atomic mass is 9.76. The monoisotopic (exact) mass is 277 g/mol. The van der Waals surface area contributed by atoms with Crippen molar-refractivity contribution < 1.29 is 4.79 Å². The second-order valence-electron chi connectivity index (χ2n) is 5.64. The first-order chi connectivity index (χ1) is 9.31. The number of rotatable bonds is 2. The third kappa shape index (κ3) is 2.38. The molecule has 1 aliphatic carbocycles. The van der Waals surface area contributed by atoms with Crippen LogP contribution in [0, 0.1) is 0 Å². The summed E-state index contributed by atoms with van der Waals surface area (Å²) in [6.07, 6.45) is 5.50. The fraction of sp³-hybridized carbons (Fsp3) is 0.562. The van der Waals surface area contributed by atoms with Crippen LogP contribution in [-0.4, -0.2) is 29.3 Å². The SMILES string of the molecule is O=C(C1Cc2ccccc21)N1CCCCCC1CCl. The summed E-state index contributed by atoms with van der Waals surface area (Å²) >= 11 is 6.06. The second kappa shape index (κ2) is 5.54. The van der Waals surface area contributed by atoms with Crippen molar-refractivity contribution in [2.24, 2.45) is 0 Å². The number of likely N-dealkylation sites (tertiary alicyclic amines) is 1. The summed E-state index contributed by atoms with van der Waals surface area (Å²) in [4.78, 5) is 14.8. The molecule has 1 amide bonds. The van der Waals surface area contributed by atoms with E-state index in [1.165, 1.54) is 24.0 Å². The van der Waals surface area contributed by atoms with Crippen molar-refractivity contribution in [3.63, 3.8) is 0 Å². The van der Waals surface area contributed by atoms with Gasteiger partial charge in [0.25, 0.3) is 0 Å². The number of carbonyl (C=O) groups excluding carboxylic acids is 1. The van der Waals surface area contributed by atoms with Crippen LogP contribution in [0.4, 0.5) is 0 Å². The van der Waals surface area contributed by atoms with E-state index in [1.54, 1.807) is 0 Å². The minimum Gasteiger partial charge on any atom is -0.338 e.